The Morgan fingerprint density at radius 2 is 2.18 bits per heavy atom. The van der Waals surface area contributed by atoms with Gasteiger partial charge in [-0.25, -0.2) is 0 Å². The quantitative estimate of drug-likeness (QED) is 0.331. The van der Waals surface area contributed by atoms with Gasteiger partial charge in [-0.15, -0.1) is 0 Å². The number of hydrogen-bond acceptors (Lipinski definition) is 2. The zero-order valence-electron chi connectivity index (χ0n) is 6.53. The van der Waals surface area contributed by atoms with Crippen molar-refractivity contribution in [2.24, 2.45) is 0 Å². The molecule has 0 aromatic carbocycles. The van der Waals surface area contributed by atoms with E-state index in [-0.39, 0.29) is 4.92 Å². The summed E-state index contributed by atoms with van der Waals surface area (Å²) in [5.74, 6) is 0. The van der Waals surface area contributed by atoms with Crippen LogP contribution in [0.5, 0.6) is 0 Å². The zero-order valence-corrected chi connectivity index (χ0v) is 6.53. The number of allylic oxidation sites excluding steroid dienone is 1. The molecule has 3 heteroatoms. The van der Waals surface area contributed by atoms with E-state index in [9.17, 15) is 10.1 Å². The van der Waals surface area contributed by atoms with Crippen molar-refractivity contribution in [1.82, 2.24) is 0 Å². The first-order valence-electron chi connectivity index (χ1n) is 4.11. The highest BCUT2D eigenvalue weighted by molar-refractivity contribution is 4.90. The Labute approximate surface area is 66.3 Å². The van der Waals surface area contributed by atoms with Gasteiger partial charge in [0.25, 0.3) is 0 Å². The Morgan fingerprint density at radius 3 is 2.91 bits per heavy atom. The summed E-state index contributed by atoms with van der Waals surface area (Å²) in [6.45, 7) is 0. The van der Waals surface area contributed by atoms with E-state index in [1.165, 1.54) is 6.42 Å². The largest absolute Gasteiger partial charge is 0.264 e. The van der Waals surface area contributed by atoms with E-state index in [1.807, 2.05) is 6.08 Å². The van der Waals surface area contributed by atoms with Crippen LogP contribution >= 0.6 is 0 Å². The van der Waals surface area contributed by atoms with Gasteiger partial charge in [0.1, 0.15) is 0 Å². The van der Waals surface area contributed by atoms with Crippen molar-refractivity contribution in [3.8, 4) is 0 Å². The maximum Gasteiger partial charge on any atom is 0.231 e. The summed E-state index contributed by atoms with van der Waals surface area (Å²) in [5.41, 5.74) is 0. The van der Waals surface area contributed by atoms with Crippen molar-refractivity contribution in [2.75, 3.05) is 0 Å². The minimum absolute atomic E-state index is 0.193. The van der Waals surface area contributed by atoms with Crippen LogP contribution in [-0.2, 0) is 0 Å². The summed E-state index contributed by atoms with van der Waals surface area (Å²) in [6.07, 6.45) is 8.70. The zero-order chi connectivity index (χ0) is 8.10. The van der Waals surface area contributed by atoms with E-state index in [2.05, 4.69) is 0 Å². The summed E-state index contributed by atoms with van der Waals surface area (Å²) in [7, 11) is 0. The predicted molar refractivity (Wildman–Crippen MR) is 43.0 cm³/mol. The fraction of sp³-hybridized carbons (Fsp3) is 0.750. The lowest BCUT2D eigenvalue weighted by Gasteiger charge is -2.07. The monoisotopic (exact) mass is 155 g/mol. The maximum absolute atomic E-state index is 10.4. The highest BCUT2D eigenvalue weighted by atomic mass is 16.6. The minimum atomic E-state index is -0.421. The summed E-state index contributed by atoms with van der Waals surface area (Å²) >= 11 is 0. The maximum atomic E-state index is 10.4. The van der Waals surface area contributed by atoms with Gasteiger partial charge >= 0.3 is 0 Å². The SMILES string of the molecule is O=[N+]([O-])C1C=CCCCCC1. The standard InChI is InChI=1S/C8H13NO2/c10-9(11)8-6-4-2-1-3-5-7-8/h4,6,8H,1-3,5,7H2. The van der Waals surface area contributed by atoms with Crippen molar-refractivity contribution in [3.05, 3.63) is 22.3 Å². The van der Waals surface area contributed by atoms with Crippen molar-refractivity contribution < 1.29 is 4.92 Å². The molecule has 0 N–H and O–H groups in total. The fourth-order valence-corrected chi connectivity index (χ4v) is 1.32. The molecule has 62 valence electrons. The van der Waals surface area contributed by atoms with Crippen LogP contribution in [0.15, 0.2) is 12.2 Å². The van der Waals surface area contributed by atoms with Gasteiger partial charge in [0.05, 0.1) is 0 Å². The third-order valence-corrected chi connectivity index (χ3v) is 2.00. The molecular formula is C8H13NO2. The highest BCUT2D eigenvalue weighted by Gasteiger charge is 2.15. The molecular weight excluding hydrogens is 142 g/mol. The van der Waals surface area contributed by atoms with Crippen LogP contribution in [-0.4, -0.2) is 11.0 Å². The first-order valence-corrected chi connectivity index (χ1v) is 4.11. The molecule has 0 heterocycles. The van der Waals surface area contributed by atoms with Gasteiger partial charge in [-0.05, 0) is 25.3 Å². The van der Waals surface area contributed by atoms with Crippen LogP contribution in [0.4, 0.5) is 0 Å². The molecule has 1 rings (SSSR count). The number of hydrogen-bond donors (Lipinski definition) is 0. The molecule has 1 unspecified atom stereocenters. The summed E-state index contributed by atoms with van der Waals surface area (Å²) in [6, 6.07) is -0.421. The second kappa shape index (κ2) is 4.11. The van der Waals surface area contributed by atoms with Crippen molar-refractivity contribution >= 4 is 0 Å². The first-order chi connectivity index (χ1) is 5.30. The van der Waals surface area contributed by atoms with E-state index in [0.717, 1.165) is 19.3 Å². The van der Waals surface area contributed by atoms with Crippen LogP contribution in [0.1, 0.15) is 32.1 Å². The molecule has 0 saturated heterocycles. The second-order valence-electron chi connectivity index (χ2n) is 2.92. The molecule has 0 fully saturated rings. The molecule has 1 aliphatic rings. The molecule has 0 amide bonds. The minimum Gasteiger partial charge on any atom is -0.264 e. The molecule has 0 saturated carbocycles. The van der Waals surface area contributed by atoms with Crippen molar-refractivity contribution in [3.63, 3.8) is 0 Å². The third-order valence-electron chi connectivity index (χ3n) is 2.00. The van der Waals surface area contributed by atoms with Gasteiger partial charge in [0, 0.05) is 11.3 Å². The van der Waals surface area contributed by atoms with E-state index in [0.29, 0.717) is 6.42 Å². The van der Waals surface area contributed by atoms with Crippen molar-refractivity contribution in [2.45, 2.75) is 38.1 Å². The summed E-state index contributed by atoms with van der Waals surface area (Å²) in [5, 5.41) is 10.4. The Kier molecular flexibility index (Phi) is 3.08. The Hall–Kier alpha value is -0.860. The lowest BCUT2D eigenvalue weighted by atomic mass is 10.0. The molecule has 0 aliphatic heterocycles. The van der Waals surface area contributed by atoms with Gasteiger partial charge in [-0.2, -0.15) is 0 Å². The fourth-order valence-electron chi connectivity index (χ4n) is 1.32. The smallest absolute Gasteiger partial charge is 0.231 e. The normalized spacial score (nSPS) is 25.6. The molecule has 0 radical (unpaired) electrons. The molecule has 0 bridgehead atoms. The van der Waals surface area contributed by atoms with Gasteiger partial charge in [-0.1, -0.05) is 12.5 Å². The van der Waals surface area contributed by atoms with Crippen LogP contribution < -0.4 is 0 Å². The lowest BCUT2D eigenvalue weighted by Crippen LogP contribution is -2.16. The van der Waals surface area contributed by atoms with Crippen LogP contribution in [0.3, 0.4) is 0 Å². The molecule has 11 heavy (non-hydrogen) atoms. The highest BCUT2D eigenvalue weighted by Crippen LogP contribution is 2.13. The van der Waals surface area contributed by atoms with Crippen LogP contribution in [0.25, 0.3) is 0 Å². The van der Waals surface area contributed by atoms with Crippen LogP contribution in [0, 0.1) is 10.1 Å². The third kappa shape index (κ3) is 2.70. The van der Waals surface area contributed by atoms with E-state index in [1.54, 1.807) is 6.08 Å². The summed E-state index contributed by atoms with van der Waals surface area (Å²) in [4.78, 5) is 10.2. The van der Waals surface area contributed by atoms with Gasteiger partial charge in [0.15, 0.2) is 0 Å². The number of nitro groups is 1. The lowest BCUT2D eigenvalue weighted by molar-refractivity contribution is -0.510. The van der Waals surface area contributed by atoms with E-state index in [4.69, 9.17) is 0 Å². The molecule has 0 aromatic heterocycles. The Balaban J connectivity index is 2.48. The molecule has 1 atom stereocenters. The average molecular weight is 155 g/mol. The van der Waals surface area contributed by atoms with Gasteiger partial charge in [0.2, 0.25) is 6.04 Å². The Morgan fingerprint density at radius 1 is 1.36 bits per heavy atom. The van der Waals surface area contributed by atoms with Gasteiger partial charge < -0.3 is 0 Å². The van der Waals surface area contributed by atoms with Gasteiger partial charge in [-0.3, -0.25) is 10.1 Å². The number of nitrogens with zero attached hydrogens (tertiary/aromatic N) is 1. The van der Waals surface area contributed by atoms with Crippen LogP contribution in [0.2, 0.25) is 0 Å². The molecule has 0 spiro atoms. The number of rotatable bonds is 1. The second-order valence-corrected chi connectivity index (χ2v) is 2.92. The first kappa shape index (κ1) is 8.24. The molecule has 3 nitrogen and oxygen atoms in total. The summed E-state index contributed by atoms with van der Waals surface area (Å²) < 4.78 is 0. The van der Waals surface area contributed by atoms with E-state index < -0.39 is 6.04 Å². The topological polar surface area (TPSA) is 43.1 Å². The van der Waals surface area contributed by atoms with Crippen molar-refractivity contribution in [1.29, 1.82) is 0 Å². The van der Waals surface area contributed by atoms with E-state index >= 15 is 0 Å². The average Bonchev–Trinajstić information content (AvgIpc) is 1.84. The molecule has 0 aromatic rings. The predicted octanol–water partition coefficient (Wildman–Crippen LogP) is 2.15. The molecule has 1 aliphatic carbocycles. The Bertz CT molecular complexity index is 165.